The standard InChI is InChI=1S/C27H32F3N7O2/c1-37(13-20(31)21(32)14-37)15-22(33)25(38)36-24(10-16-6-8-18(9-7-16)27(28,29)30)26(39)35-19-11-17-4-2-3-5-23(17)34-12-19/h2-9,11-12,20-22,24H,10,13-15,31-33H2,1H3,(H-,35,36,38,39)/p+1/t20-,21-,22-,24+/m0/s1. The molecule has 2 aromatic carbocycles. The Kier molecular flexibility index (Phi) is 8.21. The van der Waals surface area contributed by atoms with Gasteiger partial charge in [0.25, 0.3) is 0 Å². The molecular weight excluding hydrogens is 511 g/mol. The molecule has 0 radical (unpaired) electrons. The van der Waals surface area contributed by atoms with Gasteiger partial charge in [-0.05, 0) is 29.8 Å². The van der Waals surface area contributed by atoms with Crippen molar-refractivity contribution in [3.8, 4) is 0 Å². The van der Waals surface area contributed by atoms with E-state index >= 15 is 0 Å². The molecule has 12 heteroatoms. The summed E-state index contributed by atoms with van der Waals surface area (Å²) in [6.45, 7) is 1.38. The number of likely N-dealkylation sites (tertiary alicyclic amines) is 1. The van der Waals surface area contributed by atoms with Gasteiger partial charge >= 0.3 is 6.18 Å². The number of anilines is 1. The van der Waals surface area contributed by atoms with Crippen LogP contribution in [-0.2, 0) is 22.2 Å². The first-order chi connectivity index (χ1) is 18.3. The number of hydrogen-bond acceptors (Lipinski definition) is 6. The van der Waals surface area contributed by atoms with Crippen LogP contribution in [0.5, 0.6) is 0 Å². The van der Waals surface area contributed by atoms with E-state index in [1.54, 1.807) is 6.07 Å². The summed E-state index contributed by atoms with van der Waals surface area (Å²) in [5.74, 6) is -1.12. The minimum absolute atomic E-state index is 0.0503. The average Bonchev–Trinajstić information content (AvgIpc) is 3.13. The second-order valence-electron chi connectivity index (χ2n) is 10.5. The number of benzene rings is 2. The van der Waals surface area contributed by atoms with Crippen molar-refractivity contribution in [2.75, 3.05) is 32.0 Å². The fourth-order valence-corrected chi connectivity index (χ4v) is 4.99. The van der Waals surface area contributed by atoms with E-state index in [2.05, 4.69) is 15.6 Å². The fraction of sp³-hybridized carbons (Fsp3) is 0.370. The number of carbonyl (C=O) groups is 2. The van der Waals surface area contributed by atoms with E-state index in [0.717, 1.165) is 23.0 Å². The fourth-order valence-electron chi connectivity index (χ4n) is 4.99. The smallest absolute Gasteiger partial charge is 0.342 e. The van der Waals surface area contributed by atoms with Gasteiger partial charge < -0.3 is 32.3 Å². The lowest BCUT2D eigenvalue weighted by Gasteiger charge is -2.32. The molecule has 39 heavy (non-hydrogen) atoms. The van der Waals surface area contributed by atoms with Gasteiger partial charge in [0.15, 0.2) is 0 Å². The third kappa shape index (κ3) is 7.09. The summed E-state index contributed by atoms with van der Waals surface area (Å²) in [4.78, 5) is 30.7. The van der Waals surface area contributed by atoms with E-state index in [1.165, 1.54) is 18.3 Å². The van der Waals surface area contributed by atoms with Gasteiger partial charge in [-0.15, -0.1) is 0 Å². The monoisotopic (exact) mass is 544 g/mol. The summed E-state index contributed by atoms with van der Waals surface area (Å²) in [6.07, 6.45) is -3.04. The molecule has 3 aromatic rings. The number of amides is 2. The molecule has 9 nitrogen and oxygen atoms in total. The summed E-state index contributed by atoms with van der Waals surface area (Å²) in [5, 5.41) is 6.25. The molecule has 0 saturated carbocycles. The molecule has 1 aliphatic rings. The Labute approximate surface area is 224 Å². The van der Waals surface area contributed by atoms with E-state index in [0.29, 0.717) is 28.8 Å². The third-order valence-electron chi connectivity index (χ3n) is 7.04. The first kappa shape index (κ1) is 28.4. The predicted molar refractivity (Wildman–Crippen MR) is 142 cm³/mol. The van der Waals surface area contributed by atoms with Crippen molar-refractivity contribution < 1.29 is 27.2 Å². The summed E-state index contributed by atoms with van der Waals surface area (Å²) in [5.41, 5.74) is 19.1. The molecule has 1 fully saturated rings. The van der Waals surface area contributed by atoms with E-state index in [-0.39, 0.29) is 25.0 Å². The molecule has 2 amide bonds. The highest BCUT2D eigenvalue weighted by molar-refractivity contribution is 5.99. The first-order valence-corrected chi connectivity index (χ1v) is 12.6. The van der Waals surface area contributed by atoms with Crippen molar-refractivity contribution in [1.82, 2.24) is 10.3 Å². The Morgan fingerprint density at radius 3 is 2.33 bits per heavy atom. The number of hydrogen-bond donors (Lipinski definition) is 5. The van der Waals surface area contributed by atoms with Gasteiger partial charge in [-0.1, -0.05) is 30.3 Å². The van der Waals surface area contributed by atoms with Crippen LogP contribution in [-0.4, -0.2) is 72.1 Å². The lowest BCUT2D eigenvalue weighted by Crippen LogP contribution is -2.58. The number of para-hydroxylation sites is 1. The number of nitrogens with zero attached hydrogens (tertiary/aromatic N) is 2. The lowest BCUT2D eigenvalue weighted by atomic mass is 10.0. The van der Waals surface area contributed by atoms with Crippen LogP contribution in [0.2, 0.25) is 0 Å². The molecule has 8 N–H and O–H groups in total. The molecule has 0 unspecified atom stereocenters. The zero-order valence-corrected chi connectivity index (χ0v) is 21.5. The largest absolute Gasteiger partial charge is 0.416 e. The van der Waals surface area contributed by atoms with Crippen molar-refractivity contribution >= 4 is 28.4 Å². The number of quaternary nitrogens is 1. The summed E-state index contributed by atoms with van der Waals surface area (Å²) >= 11 is 0. The van der Waals surface area contributed by atoms with Gasteiger partial charge in [-0.25, -0.2) is 0 Å². The zero-order chi connectivity index (χ0) is 28.4. The van der Waals surface area contributed by atoms with Crippen LogP contribution in [0, 0.1) is 0 Å². The van der Waals surface area contributed by atoms with E-state index in [9.17, 15) is 22.8 Å². The molecule has 0 spiro atoms. The van der Waals surface area contributed by atoms with Crippen molar-refractivity contribution in [3.63, 3.8) is 0 Å². The second-order valence-corrected chi connectivity index (χ2v) is 10.5. The summed E-state index contributed by atoms with van der Waals surface area (Å²) in [6, 6.07) is 11.1. The van der Waals surface area contributed by atoms with E-state index < -0.39 is 35.6 Å². The molecule has 208 valence electrons. The number of halogens is 3. The van der Waals surface area contributed by atoms with Gasteiger partial charge in [0.2, 0.25) is 11.8 Å². The number of pyridine rings is 1. The third-order valence-corrected chi connectivity index (χ3v) is 7.04. The SMILES string of the molecule is C[N+]1(C[C@H](N)C(=O)N[C@H](Cc2ccc(C(F)(F)F)cc2)C(=O)Nc2cnc3ccccc3c2)C[C@H](N)[C@@H](N)C1. The Hall–Kier alpha value is -3.58. The highest BCUT2D eigenvalue weighted by Gasteiger charge is 2.41. The Morgan fingerprint density at radius 2 is 1.69 bits per heavy atom. The molecule has 1 aliphatic heterocycles. The molecule has 4 atom stereocenters. The number of aromatic nitrogens is 1. The minimum atomic E-state index is -4.49. The summed E-state index contributed by atoms with van der Waals surface area (Å²) < 4.78 is 39.5. The Morgan fingerprint density at radius 1 is 1.05 bits per heavy atom. The van der Waals surface area contributed by atoms with Gasteiger partial charge in [0, 0.05) is 11.8 Å². The number of nitrogens with two attached hydrogens (primary N) is 3. The first-order valence-electron chi connectivity index (χ1n) is 12.6. The van der Waals surface area contributed by atoms with E-state index in [4.69, 9.17) is 17.2 Å². The number of likely N-dealkylation sites (N-methyl/N-ethyl adjacent to an activating group) is 1. The van der Waals surface area contributed by atoms with Crippen molar-refractivity contribution in [1.29, 1.82) is 0 Å². The zero-order valence-electron chi connectivity index (χ0n) is 21.5. The molecule has 0 aliphatic carbocycles. The van der Waals surface area contributed by atoms with Gasteiger partial charge in [-0.3, -0.25) is 14.6 Å². The average molecular weight is 545 g/mol. The van der Waals surface area contributed by atoms with Crippen LogP contribution in [0.15, 0.2) is 60.8 Å². The highest BCUT2D eigenvalue weighted by atomic mass is 19.4. The van der Waals surface area contributed by atoms with Crippen molar-refractivity contribution in [2.45, 2.75) is 36.8 Å². The number of carbonyl (C=O) groups excluding carboxylic acids is 2. The van der Waals surface area contributed by atoms with Crippen LogP contribution in [0.3, 0.4) is 0 Å². The molecule has 1 saturated heterocycles. The van der Waals surface area contributed by atoms with Crippen LogP contribution in [0.25, 0.3) is 10.9 Å². The molecular formula is C27H33F3N7O2+. The van der Waals surface area contributed by atoms with Crippen LogP contribution in [0.4, 0.5) is 18.9 Å². The van der Waals surface area contributed by atoms with Crippen molar-refractivity contribution in [3.05, 3.63) is 71.9 Å². The minimum Gasteiger partial charge on any atom is -0.342 e. The molecule has 1 aromatic heterocycles. The van der Waals surface area contributed by atoms with Gasteiger partial charge in [0.05, 0.1) is 55.2 Å². The Bertz CT molecular complexity index is 1320. The maximum atomic E-state index is 13.3. The Balaban J connectivity index is 1.51. The van der Waals surface area contributed by atoms with Crippen molar-refractivity contribution in [2.24, 2.45) is 17.2 Å². The molecule has 4 rings (SSSR count). The number of nitrogens with one attached hydrogen (secondary N) is 2. The van der Waals surface area contributed by atoms with Crippen LogP contribution < -0.4 is 27.8 Å². The lowest BCUT2D eigenvalue weighted by molar-refractivity contribution is -0.898. The number of alkyl halides is 3. The predicted octanol–water partition coefficient (Wildman–Crippen LogP) is 1.36. The van der Waals surface area contributed by atoms with Crippen LogP contribution >= 0.6 is 0 Å². The maximum absolute atomic E-state index is 13.3. The van der Waals surface area contributed by atoms with Gasteiger partial charge in [-0.2, -0.15) is 13.2 Å². The normalized spacial score (nSPS) is 20.4. The number of rotatable bonds is 8. The topological polar surface area (TPSA) is 149 Å². The maximum Gasteiger partial charge on any atom is 0.416 e. The quantitative estimate of drug-likeness (QED) is 0.271. The van der Waals surface area contributed by atoms with E-state index in [1.807, 2.05) is 31.3 Å². The number of fused-ring (bicyclic) bond motifs is 1. The summed E-state index contributed by atoms with van der Waals surface area (Å²) in [7, 11) is 1.92. The second kappa shape index (κ2) is 11.3. The highest BCUT2D eigenvalue weighted by Crippen LogP contribution is 2.29. The van der Waals surface area contributed by atoms with Crippen LogP contribution in [0.1, 0.15) is 11.1 Å². The molecule has 2 heterocycles. The van der Waals surface area contributed by atoms with Gasteiger partial charge in [0.1, 0.15) is 18.6 Å². The molecule has 0 bridgehead atoms.